The van der Waals surface area contributed by atoms with E-state index in [4.69, 9.17) is 0 Å². The van der Waals surface area contributed by atoms with E-state index in [0.29, 0.717) is 32.0 Å². The van der Waals surface area contributed by atoms with Gasteiger partial charge in [0, 0.05) is 30.9 Å². The van der Waals surface area contributed by atoms with Gasteiger partial charge in [0.25, 0.3) is 0 Å². The Morgan fingerprint density at radius 2 is 2.05 bits per heavy atom. The number of carbonyl (C=O) groups is 1. The van der Waals surface area contributed by atoms with Crippen LogP contribution in [0.4, 0.5) is 0 Å². The standard InChI is InChI=1S/C15H27N3O2/c1-6-15(7-2,14(19)20)10-16-8-13-9-18(11(3)4)17-12(13)5/h9,11,16H,6-8,10H2,1-5H3,(H,19,20). The minimum atomic E-state index is -0.718. The molecule has 0 atom stereocenters. The average molecular weight is 281 g/mol. The van der Waals surface area contributed by atoms with Gasteiger partial charge in [0.05, 0.1) is 11.1 Å². The molecular weight excluding hydrogens is 254 g/mol. The first-order valence-corrected chi connectivity index (χ1v) is 7.35. The quantitative estimate of drug-likeness (QED) is 0.769. The molecule has 114 valence electrons. The van der Waals surface area contributed by atoms with Crippen LogP contribution >= 0.6 is 0 Å². The summed E-state index contributed by atoms with van der Waals surface area (Å²) in [6.45, 7) is 11.2. The van der Waals surface area contributed by atoms with Gasteiger partial charge in [-0.05, 0) is 33.6 Å². The zero-order valence-electron chi connectivity index (χ0n) is 13.2. The van der Waals surface area contributed by atoms with Crippen molar-refractivity contribution in [2.24, 2.45) is 5.41 Å². The molecule has 0 fully saturated rings. The van der Waals surface area contributed by atoms with Crippen LogP contribution in [0, 0.1) is 12.3 Å². The first-order chi connectivity index (χ1) is 9.36. The van der Waals surface area contributed by atoms with E-state index in [1.807, 2.05) is 31.6 Å². The monoisotopic (exact) mass is 281 g/mol. The van der Waals surface area contributed by atoms with Crippen LogP contribution in [0.2, 0.25) is 0 Å². The normalized spacial score (nSPS) is 12.1. The molecule has 0 aliphatic rings. The van der Waals surface area contributed by atoms with Gasteiger partial charge in [-0.1, -0.05) is 13.8 Å². The second kappa shape index (κ2) is 6.88. The number of hydrogen-bond donors (Lipinski definition) is 2. The summed E-state index contributed by atoms with van der Waals surface area (Å²) in [6, 6.07) is 0.340. The maximum atomic E-state index is 11.4. The number of carboxylic acid groups (broad SMARTS) is 1. The lowest BCUT2D eigenvalue weighted by molar-refractivity contribution is -0.149. The van der Waals surface area contributed by atoms with Crippen LogP contribution in [0.15, 0.2) is 6.20 Å². The molecule has 0 aromatic carbocycles. The topological polar surface area (TPSA) is 67.2 Å². The highest BCUT2D eigenvalue weighted by Crippen LogP contribution is 2.25. The van der Waals surface area contributed by atoms with Crippen LogP contribution < -0.4 is 5.32 Å². The summed E-state index contributed by atoms with van der Waals surface area (Å²) in [5.41, 5.74) is 1.47. The van der Waals surface area contributed by atoms with Crippen molar-refractivity contribution in [3.05, 3.63) is 17.5 Å². The predicted molar refractivity (Wildman–Crippen MR) is 79.7 cm³/mol. The van der Waals surface area contributed by atoms with Crippen molar-refractivity contribution in [2.75, 3.05) is 6.54 Å². The van der Waals surface area contributed by atoms with Gasteiger partial charge in [-0.2, -0.15) is 5.10 Å². The third-order valence-corrected chi connectivity index (χ3v) is 4.13. The smallest absolute Gasteiger partial charge is 0.310 e. The fourth-order valence-corrected chi connectivity index (χ4v) is 2.27. The number of aryl methyl sites for hydroxylation is 1. The summed E-state index contributed by atoms with van der Waals surface area (Å²) in [4.78, 5) is 11.4. The third-order valence-electron chi connectivity index (χ3n) is 4.13. The van der Waals surface area contributed by atoms with Crippen molar-refractivity contribution >= 4 is 5.97 Å². The van der Waals surface area contributed by atoms with Crippen molar-refractivity contribution in [3.63, 3.8) is 0 Å². The fraction of sp³-hybridized carbons (Fsp3) is 0.733. The molecule has 1 rings (SSSR count). The Hall–Kier alpha value is -1.36. The molecule has 2 N–H and O–H groups in total. The Balaban J connectivity index is 2.66. The molecule has 20 heavy (non-hydrogen) atoms. The van der Waals surface area contributed by atoms with Crippen molar-refractivity contribution in [2.45, 2.75) is 60.0 Å². The number of hydrogen-bond acceptors (Lipinski definition) is 3. The highest BCUT2D eigenvalue weighted by atomic mass is 16.4. The van der Waals surface area contributed by atoms with Gasteiger partial charge in [-0.25, -0.2) is 0 Å². The van der Waals surface area contributed by atoms with Gasteiger partial charge in [0.1, 0.15) is 0 Å². The fourth-order valence-electron chi connectivity index (χ4n) is 2.27. The molecule has 5 nitrogen and oxygen atoms in total. The Morgan fingerprint density at radius 1 is 1.45 bits per heavy atom. The summed E-state index contributed by atoms with van der Waals surface area (Å²) in [7, 11) is 0. The van der Waals surface area contributed by atoms with Gasteiger partial charge in [0.2, 0.25) is 0 Å². The summed E-state index contributed by atoms with van der Waals surface area (Å²) in [5.74, 6) is -0.718. The number of aliphatic carboxylic acids is 1. The zero-order valence-corrected chi connectivity index (χ0v) is 13.2. The number of nitrogens with zero attached hydrogens (tertiary/aromatic N) is 2. The van der Waals surface area contributed by atoms with Gasteiger partial charge < -0.3 is 10.4 Å². The van der Waals surface area contributed by atoms with Crippen molar-refractivity contribution < 1.29 is 9.90 Å². The lowest BCUT2D eigenvalue weighted by atomic mass is 9.82. The Labute approximate surface area is 121 Å². The van der Waals surface area contributed by atoms with Crippen molar-refractivity contribution in [3.8, 4) is 0 Å². The molecule has 1 heterocycles. The average Bonchev–Trinajstić information content (AvgIpc) is 2.76. The van der Waals surface area contributed by atoms with Crippen LogP contribution in [0.3, 0.4) is 0 Å². The van der Waals surface area contributed by atoms with E-state index in [9.17, 15) is 9.90 Å². The molecule has 0 aliphatic carbocycles. The van der Waals surface area contributed by atoms with E-state index in [2.05, 4.69) is 24.3 Å². The highest BCUT2D eigenvalue weighted by Gasteiger charge is 2.34. The molecule has 0 bridgehead atoms. The molecule has 0 unspecified atom stereocenters. The zero-order chi connectivity index (χ0) is 15.3. The van der Waals surface area contributed by atoms with E-state index >= 15 is 0 Å². The maximum Gasteiger partial charge on any atom is 0.310 e. The van der Waals surface area contributed by atoms with Crippen LogP contribution in [-0.2, 0) is 11.3 Å². The van der Waals surface area contributed by atoms with Crippen LogP contribution in [0.1, 0.15) is 57.8 Å². The molecule has 1 aromatic heterocycles. The van der Waals surface area contributed by atoms with Crippen molar-refractivity contribution in [1.82, 2.24) is 15.1 Å². The molecule has 0 spiro atoms. The van der Waals surface area contributed by atoms with Crippen LogP contribution in [0.25, 0.3) is 0 Å². The minimum absolute atomic E-state index is 0.340. The molecule has 0 aliphatic heterocycles. The van der Waals surface area contributed by atoms with Gasteiger partial charge >= 0.3 is 5.97 Å². The van der Waals surface area contributed by atoms with Gasteiger partial charge in [-0.15, -0.1) is 0 Å². The minimum Gasteiger partial charge on any atom is -0.481 e. The summed E-state index contributed by atoms with van der Waals surface area (Å²) < 4.78 is 1.94. The van der Waals surface area contributed by atoms with Gasteiger partial charge in [0.15, 0.2) is 0 Å². The number of carboxylic acids is 1. The largest absolute Gasteiger partial charge is 0.481 e. The lowest BCUT2D eigenvalue weighted by Gasteiger charge is -2.26. The Kier molecular flexibility index (Phi) is 5.74. The van der Waals surface area contributed by atoms with Crippen molar-refractivity contribution in [1.29, 1.82) is 0 Å². The van der Waals surface area contributed by atoms with E-state index in [0.717, 1.165) is 11.3 Å². The van der Waals surface area contributed by atoms with E-state index in [1.165, 1.54) is 0 Å². The molecular formula is C15H27N3O2. The molecule has 0 radical (unpaired) electrons. The highest BCUT2D eigenvalue weighted by molar-refractivity contribution is 5.74. The Bertz CT molecular complexity index is 448. The second-order valence-corrected chi connectivity index (χ2v) is 5.71. The predicted octanol–water partition coefficient (Wildman–Crippen LogP) is 2.75. The Morgan fingerprint density at radius 3 is 2.45 bits per heavy atom. The third kappa shape index (κ3) is 3.60. The lowest BCUT2D eigenvalue weighted by Crippen LogP contribution is -2.40. The van der Waals surface area contributed by atoms with E-state index in [-0.39, 0.29) is 0 Å². The molecule has 0 saturated heterocycles. The summed E-state index contributed by atoms with van der Waals surface area (Å²) in [5, 5.41) is 17.1. The number of aromatic nitrogens is 2. The molecule has 1 aromatic rings. The SMILES string of the molecule is CCC(CC)(CNCc1cn(C(C)C)nc1C)C(=O)O. The number of nitrogens with one attached hydrogen (secondary N) is 1. The molecule has 5 heteroatoms. The van der Waals surface area contributed by atoms with Crippen LogP contribution in [-0.4, -0.2) is 27.4 Å². The summed E-state index contributed by atoms with van der Waals surface area (Å²) >= 11 is 0. The number of rotatable bonds is 8. The van der Waals surface area contributed by atoms with E-state index in [1.54, 1.807) is 0 Å². The maximum absolute atomic E-state index is 11.4. The molecule has 0 amide bonds. The summed E-state index contributed by atoms with van der Waals surface area (Å²) in [6.07, 6.45) is 3.31. The first-order valence-electron chi connectivity index (χ1n) is 7.35. The van der Waals surface area contributed by atoms with Crippen LogP contribution in [0.5, 0.6) is 0 Å². The molecule has 0 saturated carbocycles. The van der Waals surface area contributed by atoms with Gasteiger partial charge in [-0.3, -0.25) is 9.48 Å². The second-order valence-electron chi connectivity index (χ2n) is 5.71. The van der Waals surface area contributed by atoms with E-state index < -0.39 is 11.4 Å². The first kappa shape index (κ1) is 16.7.